The quantitative estimate of drug-likeness (QED) is 0.829. The van der Waals surface area contributed by atoms with Crippen LogP contribution in [0.25, 0.3) is 0 Å². The molecule has 19 heavy (non-hydrogen) atoms. The van der Waals surface area contributed by atoms with Crippen LogP contribution in [-0.4, -0.2) is 11.9 Å². The fourth-order valence-corrected chi connectivity index (χ4v) is 2.37. The first-order valence-electron chi connectivity index (χ1n) is 6.25. The molecule has 1 heterocycles. The lowest BCUT2D eigenvalue weighted by atomic mass is 9.63. The molecule has 1 N–H and O–H groups in total. The summed E-state index contributed by atoms with van der Waals surface area (Å²) in [4.78, 5) is 0. The number of hydrogen-bond donors (Lipinski definition) is 1. The molecule has 0 saturated carbocycles. The minimum absolute atomic E-state index is 0.334. The Balaban J connectivity index is 1.82. The fraction of sp³-hybridized carbons (Fsp3) is 0.133. The molecule has 0 aromatic heterocycles. The number of ether oxygens (including phenoxy) is 1. The Bertz CT molecular complexity index is 646. The van der Waals surface area contributed by atoms with Gasteiger partial charge < -0.3 is 9.76 Å². The Kier molecular flexibility index (Phi) is 2.98. The lowest BCUT2D eigenvalue weighted by molar-refractivity contribution is 0.482. The summed E-state index contributed by atoms with van der Waals surface area (Å²) >= 11 is 0. The van der Waals surface area contributed by atoms with Gasteiger partial charge in [-0.1, -0.05) is 6.07 Å². The fourth-order valence-electron chi connectivity index (χ4n) is 2.37. The summed E-state index contributed by atoms with van der Waals surface area (Å²) in [7, 11) is 0. The third-order valence-electron chi connectivity index (χ3n) is 3.38. The van der Waals surface area contributed by atoms with E-state index in [1.165, 1.54) is 0 Å². The van der Waals surface area contributed by atoms with E-state index in [0.717, 1.165) is 29.5 Å². The molecule has 3 nitrogen and oxygen atoms in total. The Morgan fingerprint density at radius 3 is 2.58 bits per heavy atom. The zero-order valence-electron chi connectivity index (χ0n) is 10.3. The highest BCUT2D eigenvalue weighted by molar-refractivity contribution is 6.68. The Labute approximate surface area is 112 Å². The molecule has 1 aliphatic rings. The number of rotatable bonds is 2. The van der Waals surface area contributed by atoms with Crippen molar-refractivity contribution >= 4 is 12.4 Å². The maximum absolute atomic E-state index is 9.75. The zero-order chi connectivity index (χ0) is 13.2. The van der Waals surface area contributed by atoms with Crippen molar-refractivity contribution in [2.45, 2.75) is 12.7 Å². The molecule has 0 unspecified atom stereocenters. The van der Waals surface area contributed by atoms with Crippen LogP contribution in [0, 0.1) is 11.3 Å². The normalized spacial score (nSPS) is 12.9. The van der Waals surface area contributed by atoms with Gasteiger partial charge in [-0.25, -0.2) is 0 Å². The largest absolute Gasteiger partial charge is 0.457 e. The molecule has 1 aliphatic heterocycles. The van der Waals surface area contributed by atoms with E-state index in [0.29, 0.717) is 11.3 Å². The van der Waals surface area contributed by atoms with Gasteiger partial charge in [-0.3, -0.25) is 0 Å². The highest BCUT2D eigenvalue weighted by atomic mass is 16.5. The Morgan fingerprint density at radius 1 is 1.11 bits per heavy atom. The lowest BCUT2D eigenvalue weighted by Gasteiger charge is -2.08. The van der Waals surface area contributed by atoms with Crippen LogP contribution in [0.5, 0.6) is 11.5 Å². The van der Waals surface area contributed by atoms with Gasteiger partial charge in [0.15, 0.2) is 0 Å². The predicted octanol–water partition coefficient (Wildman–Crippen LogP) is 2.10. The third-order valence-corrected chi connectivity index (χ3v) is 3.38. The Morgan fingerprint density at radius 2 is 1.84 bits per heavy atom. The molecule has 0 amide bonds. The van der Waals surface area contributed by atoms with Crippen LogP contribution < -0.4 is 10.2 Å². The van der Waals surface area contributed by atoms with Crippen molar-refractivity contribution < 1.29 is 9.76 Å². The van der Waals surface area contributed by atoms with Crippen LogP contribution in [0.2, 0.25) is 6.32 Å². The van der Waals surface area contributed by atoms with Crippen LogP contribution in [0.4, 0.5) is 0 Å². The number of fused-ring (bicyclic) bond motifs is 1. The van der Waals surface area contributed by atoms with Gasteiger partial charge in [0.1, 0.15) is 11.5 Å². The van der Waals surface area contributed by atoms with Gasteiger partial charge in [0.25, 0.3) is 0 Å². The summed E-state index contributed by atoms with van der Waals surface area (Å²) in [6.07, 6.45) is 1.68. The van der Waals surface area contributed by atoms with Gasteiger partial charge in [0.05, 0.1) is 11.6 Å². The molecule has 0 aliphatic carbocycles. The third kappa shape index (κ3) is 2.33. The number of nitrogens with zero attached hydrogens (tertiary/aromatic N) is 1. The number of hydrogen-bond acceptors (Lipinski definition) is 3. The van der Waals surface area contributed by atoms with Crippen molar-refractivity contribution in [2.75, 3.05) is 0 Å². The molecule has 92 valence electrons. The molecule has 2 aromatic rings. The van der Waals surface area contributed by atoms with Gasteiger partial charge in [0, 0.05) is 0 Å². The smallest absolute Gasteiger partial charge is 0.324 e. The summed E-state index contributed by atoms with van der Waals surface area (Å²) in [6, 6.07) is 14.9. The molecule has 2 aromatic carbocycles. The predicted molar refractivity (Wildman–Crippen MR) is 73.8 cm³/mol. The highest BCUT2D eigenvalue weighted by Gasteiger charge is 2.24. The Hall–Kier alpha value is -2.25. The minimum Gasteiger partial charge on any atom is -0.457 e. The number of aryl methyl sites for hydroxylation is 1. The molecule has 0 fully saturated rings. The van der Waals surface area contributed by atoms with Crippen molar-refractivity contribution in [3.8, 4) is 17.6 Å². The van der Waals surface area contributed by atoms with E-state index in [4.69, 9.17) is 10.00 Å². The standard InChI is InChI=1S/C15H12BNO2/c17-10-11-1-3-13(4-2-11)19-14-5-6-15-12(9-14)7-8-16(15)18/h1-6,9,18H,7-8H2. The van der Waals surface area contributed by atoms with Crippen LogP contribution in [0.1, 0.15) is 11.1 Å². The van der Waals surface area contributed by atoms with Crippen LogP contribution in [0.15, 0.2) is 42.5 Å². The first-order chi connectivity index (χ1) is 9.26. The lowest BCUT2D eigenvalue weighted by Crippen LogP contribution is -2.25. The van der Waals surface area contributed by atoms with Gasteiger partial charge in [-0.05, 0) is 60.2 Å². The molecule has 0 saturated heterocycles. The second kappa shape index (κ2) is 4.79. The number of nitriles is 1. The number of benzene rings is 2. The van der Waals surface area contributed by atoms with Gasteiger partial charge >= 0.3 is 6.92 Å². The van der Waals surface area contributed by atoms with E-state index in [1.807, 2.05) is 18.2 Å². The first-order valence-corrected chi connectivity index (χ1v) is 6.25. The minimum atomic E-state index is -0.334. The molecule has 0 radical (unpaired) electrons. The van der Waals surface area contributed by atoms with Crippen molar-refractivity contribution in [3.05, 3.63) is 53.6 Å². The van der Waals surface area contributed by atoms with Crippen LogP contribution >= 0.6 is 0 Å². The van der Waals surface area contributed by atoms with Crippen LogP contribution in [0.3, 0.4) is 0 Å². The molecule has 4 heteroatoms. The topological polar surface area (TPSA) is 53.2 Å². The van der Waals surface area contributed by atoms with Crippen molar-refractivity contribution in [1.29, 1.82) is 5.26 Å². The van der Waals surface area contributed by atoms with Gasteiger partial charge in [-0.15, -0.1) is 0 Å². The highest BCUT2D eigenvalue weighted by Crippen LogP contribution is 2.24. The molecular formula is C15H12BNO2. The SMILES string of the molecule is N#Cc1ccc(Oc2ccc3c(c2)CCB3O)cc1. The van der Waals surface area contributed by atoms with E-state index in [2.05, 4.69) is 6.07 Å². The first kappa shape index (κ1) is 11.8. The maximum Gasteiger partial charge on any atom is 0.324 e. The van der Waals surface area contributed by atoms with E-state index in [-0.39, 0.29) is 6.92 Å². The van der Waals surface area contributed by atoms with Crippen molar-refractivity contribution in [1.82, 2.24) is 0 Å². The average Bonchev–Trinajstić information content (AvgIpc) is 2.81. The monoisotopic (exact) mass is 249 g/mol. The second-order valence-corrected chi connectivity index (χ2v) is 4.65. The summed E-state index contributed by atoms with van der Waals surface area (Å²) < 4.78 is 5.75. The molecule has 0 atom stereocenters. The van der Waals surface area contributed by atoms with Gasteiger partial charge in [0.2, 0.25) is 0 Å². The van der Waals surface area contributed by atoms with E-state index in [9.17, 15) is 5.02 Å². The van der Waals surface area contributed by atoms with Crippen molar-refractivity contribution in [2.24, 2.45) is 0 Å². The molecular weight excluding hydrogens is 237 g/mol. The van der Waals surface area contributed by atoms with E-state index >= 15 is 0 Å². The zero-order valence-corrected chi connectivity index (χ0v) is 10.3. The average molecular weight is 249 g/mol. The summed E-state index contributed by atoms with van der Waals surface area (Å²) in [5.41, 5.74) is 2.77. The molecule has 0 spiro atoms. The van der Waals surface area contributed by atoms with E-state index < -0.39 is 0 Å². The molecule has 3 rings (SSSR count). The van der Waals surface area contributed by atoms with Gasteiger partial charge in [-0.2, -0.15) is 5.26 Å². The van der Waals surface area contributed by atoms with E-state index in [1.54, 1.807) is 24.3 Å². The van der Waals surface area contributed by atoms with Crippen molar-refractivity contribution in [3.63, 3.8) is 0 Å². The second-order valence-electron chi connectivity index (χ2n) is 4.65. The molecule has 0 bridgehead atoms. The summed E-state index contributed by atoms with van der Waals surface area (Å²) in [6.45, 7) is -0.334. The van der Waals surface area contributed by atoms with Crippen LogP contribution in [-0.2, 0) is 6.42 Å². The summed E-state index contributed by atoms with van der Waals surface area (Å²) in [5, 5.41) is 18.5. The summed E-state index contributed by atoms with van der Waals surface area (Å²) in [5.74, 6) is 1.47. The maximum atomic E-state index is 9.75.